The molecule has 42 nitrogen and oxygen atoms in total. The Morgan fingerprint density at radius 3 is 1.72 bits per heavy atom. The fraction of sp³-hybridized carbons (Fsp3) is 0.500. The normalized spacial score (nSPS) is 26.0. The molecule has 8 amide bonds. The Morgan fingerprint density at radius 1 is 0.531 bits per heavy atom. The number of benzene rings is 7. The zero-order valence-corrected chi connectivity index (χ0v) is 84.3. The van der Waals surface area contributed by atoms with Gasteiger partial charge in [0.2, 0.25) is 71.3 Å². The van der Waals surface area contributed by atoms with Crippen molar-refractivity contribution in [3.8, 4) is 80.1 Å². The monoisotopic (exact) mass is 2100 g/mol. The number of rotatable bonds is 28. The fourth-order valence-corrected chi connectivity index (χ4v) is 24.5. The third-order valence-corrected chi connectivity index (χ3v) is 32.0. The van der Waals surface area contributed by atoms with Gasteiger partial charge in [-0.25, -0.2) is 0 Å². The highest BCUT2D eigenvalue weighted by molar-refractivity contribution is 7.64. The van der Waals surface area contributed by atoms with Crippen LogP contribution in [0.5, 0.6) is 69.0 Å². The predicted molar refractivity (Wildman–Crippen MR) is 531 cm³/mol. The Kier molecular flexibility index (Phi) is 36.7. The topological polar surface area (TPSA) is 594 Å². The minimum atomic E-state index is -3.20. The van der Waals surface area contributed by atoms with Gasteiger partial charge in [0, 0.05) is 93.4 Å². The zero-order valence-electron chi connectivity index (χ0n) is 81.9. The maximum Gasteiger partial charge on any atom is 0.417 e. The van der Waals surface area contributed by atoms with Crippen molar-refractivity contribution in [1.82, 2.24) is 66.8 Å². The molecule has 0 saturated carbocycles. The Bertz CT molecular complexity index is 5860. The van der Waals surface area contributed by atoms with Crippen LogP contribution in [0.2, 0.25) is 10.0 Å². The molecule has 0 spiro atoms. The Morgan fingerprint density at radius 2 is 1.10 bits per heavy atom. The molecular weight excluding hydrogens is 1970 g/mol. The summed E-state index contributed by atoms with van der Waals surface area (Å²) < 4.78 is 61.1. The minimum Gasteiger partial charge on any atom is -0.550 e. The molecule has 0 aliphatic carbocycles. The number of aliphatic hydroxyl groups excluding tert-OH is 8. The van der Waals surface area contributed by atoms with Gasteiger partial charge in [0.15, 0.2) is 23.0 Å². The second kappa shape index (κ2) is 49.2. The van der Waals surface area contributed by atoms with Crippen molar-refractivity contribution in [2.45, 2.75) is 239 Å². The lowest BCUT2D eigenvalue weighted by molar-refractivity contribution is -0.302. The van der Waals surface area contributed by atoms with Crippen LogP contribution < -0.4 is 81.2 Å². The molecule has 11 aliphatic heterocycles. The lowest BCUT2D eigenvalue weighted by atomic mass is 9.89. The maximum atomic E-state index is 17.4. The highest BCUT2D eigenvalue weighted by Gasteiger charge is 2.63. The van der Waals surface area contributed by atoms with Crippen molar-refractivity contribution < 1.29 is 142 Å². The number of carboxylic acids is 1. The van der Waals surface area contributed by atoms with E-state index >= 15 is 33.6 Å². The van der Waals surface area contributed by atoms with E-state index in [0.717, 1.165) is 133 Å². The number of likely N-dealkylation sites (N-methyl/N-ethyl adjacent to an activating group) is 1. The summed E-state index contributed by atoms with van der Waals surface area (Å²) in [5, 5.41) is 162. The smallest absolute Gasteiger partial charge is 0.417 e. The molecule has 0 radical (unpaired) electrons. The number of hydrogen-bond acceptors (Lipinski definition) is 34. The molecule has 147 heavy (non-hydrogen) atoms. The van der Waals surface area contributed by atoms with Crippen molar-refractivity contribution in [2.24, 2.45) is 0 Å². The van der Waals surface area contributed by atoms with Crippen molar-refractivity contribution in [3.05, 3.63) is 164 Å². The lowest BCUT2D eigenvalue weighted by Gasteiger charge is -2.42. The highest BCUT2D eigenvalue weighted by atomic mass is 35.5. The minimum absolute atomic E-state index is 0.0587. The van der Waals surface area contributed by atoms with Gasteiger partial charge in [-0.1, -0.05) is 112 Å². The van der Waals surface area contributed by atoms with Crippen LogP contribution in [0.15, 0.2) is 115 Å². The van der Waals surface area contributed by atoms with Crippen LogP contribution in [0.3, 0.4) is 0 Å². The van der Waals surface area contributed by atoms with Gasteiger partial charge in [-0.15, -0.1) is 14.0 Å². The molecular formula is C102H128Cl2N13O29P. The van der Waals surface area contributed by atoms with Gasteiger partial charge in [-0.05, 0) is 192 Å². The van der Waals surface area contributed by atoms with Gasteiger partial charge in [0.05, 0.1) is 23.3 Å². The van der Waals surface area contributed by atoms with Gasteiger partial charge in [-0.3, -0.25) is 42.9 Å². The predicted octanol–water partition coefficient (Wildman–Crippen LogP) is 5.61. The molecule has 5 saturated heterocycles. The third kappa shape index (κ3) is 25.3. The number of nitrogens with zero attached hydrogens (tertiary/aromatic N) is 4. The summed E-state index contributed by atoms with van der Waals surface area (Å²) in [6.07, 6.45) is -6.49. The second-order valence-electron chi connectivity index (χ2n) is 38.2. The zero-order chi connectivity index (χ0) is 105. The number of aliphatic hydroxyl groups is 8. The molecule has 17 bridgehead atoms. The van der Waals surface area contributed by atoms with E-state index in [4.69, 9.17) is 70.8 Å². The number of carbonyl (C=O) groups is 9. The van der Waals surface area contributed by atoms with Gasteiger partial charge in [0.1, 0.15) is 132 Å². The van der Waals surface area contributed by atoms with Crippen LogP contribution in [-0.4, -0.2) is 288 Å². The van der Waals surface area contributed by atoms with Crippen LogP contribution in [0.25, 0.3) is 11.1 Å². The number of hydrogen-bond donors (Lipinski definition) is 20. The first-order valence-corrected chi connectivity index (χ1v) is 52.0. The standard InChI is InChI=1S/C100H124Cl2N13O27P.C2H4O2/c1-5-6-7-8-9-10-11-12-13-21-75(121)106-84-88(125)86(123)73(50-116)139-99(84)141-91-71-44-56-45-72(91)137-67-31-26-55(42-63(67)101)85(122)83-98(134)110-81(93(129)104-32-20-33-112(3)4)61-46-57(118)47-69(138-100-90(127)89(126)87(124)74(51-117)140-100)76(61)60-41-53(24-29-65(60)119)79(95(131)111-83)107-96(132)80(56)108-97(133)82-62-48-59(49-70(77(62)102)142-143(113-34-14-15-35-113,114-36-16-17-37-114)115-38-18-19-39-115)136-68-43-54(25-30-66(68)120)78(103-2)94(130)105-64(92(128)109-82)40-52-22-27-58(135-71)28-23-52;1-2(3)4/h22-31,41-49,64,73-74,78-90,99-100,103,116-117,122-127H,5-21,32-40,50-51H2,1-4H3,(H10-,104,105,106,107,108,109,110,111,118,119,120,121,128,129,130,131,132,133,134);1H3,(H,3,4)/t64-,73-,74-,78+,79-,80-,81+,82+,83+,84-,85-,86-,87-,88-,89+,90+,99+,100+;/m1./s1. The van der Waals surface area contributed by atoms with E-state index in [2.05, 4.69) is 68.8 Å². The first-order valence-electron chi connectivity index (χ1n) is 49.7. The molecule has 45 heteroatoms. The van der Waals surface area contributed by atoms with Crippen LogP contribution in [0.1, 0.15) is 198 Å². The van der Waals surface area contributed by atoms with E-state index in [0.29, 0.717) is 70.6 Å². The van der Waals surface area contributed by atoms with Crippen LogP contribution in [0.4, 0.5) is 0 Å². The Hall–Kier alpha value is -11.6. The summed E-state index contributed by atoms with van der Waals surface area (Å²) in [5.41, 5.74) is -2.01. The SMILES string of the molecule is CC(=O)[O-].CCCCCCCCCCCC(=O)N[C@H]1[C@H](Oc2c3cc4cc2Oc2ccc(cc2Cl)[C@@H](O)[C@@H]2NC(=O)[C@H](NC(=O)[C@@H]4NC(=O)[C@H]4NC(=O)[C@@H](Cc5ccc(cc5)O3)NC(=O)[C@@H](NC)c3ccc(O)c(c3)Oc3cc(O[P+](N5CCCC5)(N5CCCC5)N5CCCC5)c(Cl)c4c3)c3ccc(O)c(c3)-c3c(O[C@H]4O[C@H](CO)[C@@H](O)[C@H](O)[C@@H]4O)cc(O)cc3[C@@H](C(=O)NCCCN(C)C)NC2=O)O[C@H](CO)[C@@H](O)[C@@H]1O. The van der Waals surface area contributed by atoms with Crippen molar-refractivity contribution in [3.63, 3.8) is 0 Å². The van der Waals surface area contributed by atoms with Crippen molar-refractivity contribution in [2.75, 3.05) is 86.7 Å². The summed E-state index contributed by atoms with van der Waals surface area (Å²) in [5.74, 6) is -14.9. The number of ether oxygens (including phenoxy) is 7. The summed E-state index contributed by atoms with van der Waals surface area (Å²) in [4.78, 5) is 140. The molecule has 7 aromatic carbocycles. The van der Waals surface area contributed by atoms with E-state index in [1.54, 1.807) is 26.2 Å². The summed E-state index contributed by atoms with van der Waals surface area (Å²) in [7, 11) is 1.87. The molecule has 18 atom stereocenters. The average Bonchev–Trinajstić information content (AvgIpc) is 1.60. The van der Waals surface area contributed by atoms with Crippen LogP contribution >= 0.6 is 31.1 Å². The number of aliphatic carboxylic acids is 1. The number of phenols is 3. The Labute approximate surface area is 858 Å². The van der Waals surface area contributed by atoms with Crippen LogP contribution in [0, 0.1) is 0 Å². The molecule has 0 aromatic heterocycles. The van der Waals surface area contributed by atoms with Crippen molar-refractivity contribution in [1.29, 1.82) is 0 Å². The molecule has 794 valence electrons. The number of carbonyl (C=O) groups excluding carboxylic acids is 9. The molecule has 11 heterocycles. The average molecular weight is 2100 g/mol. The van der Waals surface area contributed by atoms with E-state index in [1.807, 2.05) is 4.90 Å². The number of halogens is 2. The second-order valence-corrected chi connectivity index (χ2v) is 41.9. The third-order valence-electron chi connectivity index (χ3n) is 27.4. The van der Waals surface area contributed by atoms with E-state index in [9.17, 15) is 61.0 Å². The first kappa shape index (κ1) is 110. The summed E-state index contributed by atoms with van der Waals surface area (Å²) in [6.45, 7) is 5.32. The molecule has 7 aromatic rings. The molecule has 5 fully saturated rings. The van der Waals surface area contributed by atoms with Crippen LogP contribution in [-0.2, 0) is 59.0 Å². The van der Waals surface area contributed by atoms with Gasteiger partial charge in [0.25, 0.3) is 0 Å². The number of amides is 8. The van der Waals surface area contributed by atoms with Gasteiger partial charge < -0.3 is 152 Å². The number of phenolic OH excluding ortho intramolecular Hbond substituents is 3. The Balaban J connectivity index is 0.00000398. The highest BCUT2D eigenvalue weighted by Crippen LogP contribution is 2.71. The van der Waals surface area contributed by atoms with E-state index in [1.165, 1.54) is 67.7 Å². The number of fused-ring (bicyclic) bond motifs is 14. The summed E-state index contributed by atoms with van der Waals surface area (Å²) >= 11 is 15.5. The van der Waals surface area contributed by atoms with E-state index < -0.39 is 252 Å². The van der Waals surface area contributed by atoms with E-state index in [-0.39, 0.29) is 75.4 Å². The fourth-order valence-electron chi connectivity index (χ4n) is 19.8. The number of unbranched alkanes of at least 4 members (excludes halogenated alkanes) is 8. The lowest BCUT2D eigenvalue weighted by Crippen LogP contribution is -2.65. The number of aromatic hydroxyl groups is 3. The maximum absolute atomic E-state index is 17.4. The van der Waals surface area contributed by atoms with Gasteiger partial charge >= 0.3 is 7.94 Å². The van der Waals surface area contributed by atoms with Crippen molar-refractivity contribution >= 4 is 84.4 Å². The first-order chi connectivity index (χ1) is 70.6. The quantitative estimate of drug-likeness (QED) is 0.0209. The largest absolute Gasteiger partial charge is 0.550 e. The molecule has 11 aliphatic rings. The molecule has 20 N–H and O–H groups in total. The molecule has 0 unspecified atom stereocenters. The van der Waals surface area contributed by atoms with Gasteiger partial charge in [-0.2, -0.15) is 0 Å². The summed E-state index contributed by atoms with van der Waals surface area (Å²) in [6, 6.07) is 8.35. The molecule has 18 rings (SSSR count). The number of nitrogens with one attached hydrogen (secondary N) is 9. The number of carboxylic acid groups (broad SMARTS) is 1.